The molecule has 3 rings (SSSR count). The van der Waals surface area contributed by atoms with E-state index in [1.54, 1.807) is 36.5 Å². The molecular formula is C21H28N4O4S. The van der Waals surface area contributed by atoms with Gasteiger partial charge in [0.1, 0.15) is 6.54 Å². The Labute approximate surface area is 177 Å². The van der Waals surface area contributed by atoms with Crippen LogP contribution < -0.4 is 5.32 Å². The van der Waals surface area contributed by atoms with E-state index in [1.165, 1.54) is 17.7 Å². The Morgan fingerprint density at radius 1 is 1.10 bits per heavy atom. The number of carbonyl (C=O) groups is 2. The quantitative estimate of drug-likeness (QED) is 0.707. The number of benzene rings is 1. The van der Waals surface area contributed by atoms with Gasteiger partial charge in [-0.15, -0.1) is 0 Å². The molecule has 0 radical (unpaired) electrons. The molecule has 0 spiro atoms. The summed E-state index contributed by atoms with van der Waals surface area (Å²) < 4.78 is 29.3. The number of carbonyl (C=O) groups excluding carboxylic acids is 2. The number of Topliss-reactive ketones (excluding diaryl/α,β-unsaturated/α-hetero) is 1. The summed E-state index contributed by atoms with van der Waals surface area (Å²) in [5.74, 6) is -0.462. The van der Waals surface area contributed by atoms with Crippen molar-refractivity contribution < 1.29 is 18.0 Å². The van der Waals surface area contributed by atoms with Gasteiger partial charge in [0.05, 0.1) is 16.2 Å². The number of hydrogen-bond acceptors (Lipinski definition) is 5. The van der Waals surface area contributed by atoms with Crippen LogP contribution in [0.4, 0.5) is 5.69 Å². The molecule has 0 aliphatic carbocycles. The van der Waals surface area contributed by atoms with Crippen molar-refractivity contribution in [2.45, 2.75) is 57.9 Å². The lowest BCUT2D eigenvalue weighted by atomic mass is 10.2. The number of amides is 1. The molecule has 1 saturated heterocycles. The van der Waals surface area contributed by atoms with Crippen LogP contribution >= 0.6 is 0 Å². The summed E-state index contributed by atoms with van der Waals surface area (Å²) in [7, 11) is -3.62. The molecule has 0 bridgehead atoms. The van der Waals surface area contributed by atoms with E-state index in [4.69, 9.17) is 0 Å². The van der Waals surface area contributed by atoms with Crippen LogP contribution in [0.2, 0.25) is 0 Å². The lowest BCUT2D eigenvalue weighted by Crippen LogP contribution is -2.32. The van der Waals surface area contributed by atoms with E-state index < -0.39 is 10.0 Å². The van der Waals surface area contributed by atoms with Gasteiger partial charge in [-0.05, 0) is 51.3 Å². The largest absolute Gasteiger partial charge is 0.324 e. The van der Waals surface area contributed by atoms with Crippen molar-refractivity contribution in [1.29, 1.82) is 0 Å². The fraction of sp³-hybridized carbons (Fsp3) is 0.476. The standard InChI is InChI=1S/C21H28N4O4S/c1-15-8-9-18(12-20(15)30(28,29)25-10-6-4-5-7-11-25)22-21(27)14-24-13-19(17(3)26)16(2)23-24/h8-9,12-13H,4-7,10-11,14H2,1-3H3,(H,22,27). The molecule has 1 aliphatic rings. The summed E-state index contributed by atoms with van der Waals surface area (Å²) in [6.07, 6.45) is 5.35. The van der Waals surface area contributed by atoms with Gasteiger partial charge in [0.25, 0.3) is 0 Å². The first-order valence-electron chi connectivity index (χ1n) is 10.1. The molecule has 1 aliphatic heterocycles. The van der Waals surface area contributed by atoms with E-state index in [-0.39, 0.29) is 23.1 Å². The predicted molar refractivity (Wildman–Crippen MR) is 114 cm³/mol. The number of hydrogen-bond donors (Lipinski definition) is 1. The van der Waals surface area contributed by atoms with Crippen molar-refractivity contribution in [2.75, 3.05) is 18.4 Å². The third-order valence-corrected chi connectivity index (χ3v) is 7.33. The maximum atomic E-state index is 13.2. The van der Waals surface area contributed by atoms with Crippen molar-refractivity contribution in [2.24, 2.45) is 0 Å². The van der Waals surface area contributed by atoms with E-state index >= 15 is 0 Å². The normalized spacial score (nSPS) is 15.6. The molecule has 1 fully saturated rings. The van der Waals surface area contributed by atoms with Gasteiger partial charge >= 0.3 is 0 Å². The molecule has 1 N–H and O–H groups in total. The second kappa shape index (κ2) is 9.09. The summed E-state index contributed by atoms with van der Waals surface area (Å²) in [5, 5.41) is 6.92. The number of rotatable bonds is 6. The fourth-order valence-corrected chi connectivity index (χ4v) is 5.44. The van der Waals surface area contributed by atoms with E-state index in [0.29, 0.717) is 35.6 Å². The zero-order chi connectivity index (χ0) is 21.9. The number of aryl methyl sites for hydroxylation is 2. The van der Waals surface area contributed by atoms with Crippen molar-refractivity contribution in [3.8, 4) is 0 Å². The summed E-state index contributed by atoms with van der Waals surface area (Å²) in [5.41, 5.74) is 2.10. The first kappa shape index (κ1) is 22.2. The molecule has 0 unspecified atom stereocenters. The number of aromatic nitrogens is 2. The highest BCUT2D eigenvalue weighted by Crippen LogP contribution is 2.26. The minimum atomic E-state index is -3.62. The highest BCUT2D eigenvalue weighted by atomic mass is 32.2. The Morgan fingerprint density at radius 2 is 1.77 bits per heavy atom. The van der Waals surface area contributed by atoms with Crippen LogP contribution in [-0.2, 0) is 21.4 Å². The summed E-state index contributed by atoms with van der Waals surface area (Å²) in [4.78, 5) is 24.2. The summed E-state index contributed by atoms with van der Waals surface area (Å²) in [6.45, 7) is 5.89. The highest BCUT2D eigenvalue weighted by molar-refractivity contribution is 7.89. The van der Waals surface area contributed by atoms with Crippen molar-refractivity contribution in [3.63, 3.8) is 0 Å². The minimum Gasteiger partial charge on any atom is -0.324 e. The predicted octanol–water partition coefficient (Wildman–Crippen LogP) is 2.91. The molecule has 162 valence electrons. The molecule has 9 heteroatoms. The molecule has 2 heterocycles. The van der Waals surface area contributed by atoms with Crippen LogP contribution in [0.25, 0.3) is 0 Å². The van der Waals surface area contributed by atoms with Gasteiger partial charge in [0.15, 0.2) is 5.78 Å². The first-order valence-corrected chi connectivity index (χ1v) is 11.6. The number of sulfonamides is 1. The summed E-state index contributed by atoms with van der Waals surface area (Å²) >= 11 is 0. The van der Waals surface area contributed by atoms with Crippen LogP contribution in [0.15, 0.2) is 29.3 Å². The van der Waals surface area contributed by atoms with Gasteiger partial charge in [-0.1, -0.05) is 18.9 Å². The van der Waals surface area contributed by atoms with Crippen LogP contribution in [0.1, 0.15) is 54.2 Å². The van der Waals surface area contributed by atoms with Crippen LogP contribution in [-0.4, -0.2) is 47.3 Å². The van der Waals surface area contributed by atoms with E-state index in [1.807, 2.05) is 0 Å². The van der Waals surface area contributed by atoms with E-state index in [2.05, 4.69) is 10.4 Å². The lowest BCUT2D eigenvalue weighted by Gasteiger charge is -2.21. The average molecular weight is 433 g/mol. The highest BCUT2D eigenvalue weighted by Gasteiger charge is 2.27. The van der Waals surface area contributed by atoms with Gasteiger partial charge in [-0.3, -0.25) is 14.3 Å². The van der Waals surface area contributed by atoms with Crippen molar-refractivity contribution in [3.05, 3.63) is 41.2 Å². The molecule has 2 aromatic rings. The van der Waals surface area contributed by atoms with Gasteiger partial charge in [-0.2, -0.15) is 9.40 Å². The Balaban J connectivity index is 1.77. The molecule has 1 aromatic heterocycles. The van der Waals surface area contributed by atoms with Gasteiger partial charge in [0.2, 0.25) is 15.9 Å². The zero-order valence-electron chi connectivity index (χ0n) is 17.6. The Hall–Kier alpha value is -2.52. The Kier molecular flexibility index (Phi) is 6.72. The number of ketones is 1. The molecular weight excluding hydrogens is 404 g/mol. The first-order chi connectivity index (χ1) is 14.2. The lowest BCUT2D eigenvalue weighted by molar-refractivity contribution is -0.116. The maximum absolute atomic E-state index is 13.2. The van der Waals surface area contributed by atoms with Gasteiger partial charge in [-0.25, -0.2) is 8.42 Å². The molecule has 8 nitrogen and oxygen atoms in total. The van der Waals surface area contributed by atoms with Gasteiger partial charge in [0, 0.05) is 25.0 Å². The molecule has 30 heavy (non-hydrogen) atoms. The van der Waals surface area contributed by atoms with Crippen LogP contribution in [0.3, 0.4) is 0 Å². The second-order valence-electron chi connectivity index (χ2n) is 7.73. The molecule has 1 amide bonds. The second-order valence-corrected chi connectivity index (χ2v) is 9.64. The van der Waals surface area contributed by atoms with Gasteiger partial charge < -0.3 is 5.32 Å². The number of nitrogens with zero attached hydrogens (tertiary/aromatic N) is 3. The molecule has 0 atom stereocenters. The minimum absolute atomic E-state index is 0.0732. The van der Waals surface area contributed by atoms with Crippen molar-refractivity contribution >= 4 is 27.4 Å². The third kappa shape index (κ3) is 4.96. The van der Waals surface area contributed by atoms with Crippen molar-refractivity contribution in [1.82, 2.24) is 14.1 Å². The smallest absolute Gasteiger partial charge is 0.246 e. The monoisotopic (exact) mass is 432 g/mol. The van der Waals surface area contributed by atoms with E-state index in [9.17, 15) is 18.0 Å². The zero-order valence-corrected chi connectivity index (χ0v) is 18.5. The number of anilines is 1. The maximum Gasteiger partial charge on any atom is 0.246 e. The molecule has 1 aromatic carbocycles. The Bertz CT molecular complexity index is 1050. The SMILES string of the molecule is CC(=O)c1cn(CC(=O)Nc2ccc(C)c(S(=O)(=O)N3CCCCCC3)c2)nc1C. The van der Waals surface area contributed by atoms with E-state index in [0.717, 1.165) is 25.7 Å². The topological polar surface area (TPSA) is 101 Å². The fourth-order valence-electron chi connectivity index (χ4n) is 3.67. The molecule has 0 saturated carbocycles. The third-order valence-electron chi connectivity index (χ3n) is 5.29. The van der Waals surface area contributed by atoms with Crippen LogP contribution in [0, 0.1) is 13.8 Å². The average Bonchev–Trinajstić information content (AvgIpc) is 2.87. The number of nitrogens with one attached hydrogen (secondary N) is 1. The summed E-state index contributed by atoms with van der Waals surface area (Å²) in [6, 6.07) is 4.90. The van der Waals surface area contributed by atoms with Crippen LogP contribution in [0.5, 0.6) is 0 Å². The Morgan fingerprint density at radius 3 is 2.37 bits per heavy atom.